The normalized spacial score (nSPS) is 27.8. The topological polar surface area (TPSA) is 134 Å². The van der Waals surface area contributed by atoms with Crippen molar-refractivity contribution < 1.29 is 39.5 Å². The summed E-state index contributed by atoms with van der Waals surface area (Å²) < 4.78 is 11.8. The number of carboxylic acids is 1. The Balaban J connectivity index is 1.68. The molecule has 0 saturated carbocycles. The molecule has 0 bridgehead atoms. The summed E-state index contributed by atoms with van der Waals surface area (Å²) >= 11 is 0. The molecule has 1 aromatic rings. The van der Waals surface area contributed by atoms with E-state index >= 15 is 0 Å². The molecule has 3 rings (SSSR count). The molecule has 0 saturated heterocycles. The van der Waals surface area contributed by atoms with Crippen LogP contribution in [0.5, 0.6) is 5.75 Å². The number of aliphatic hydroxyl groups is 3. The van der Waals surface area contributed by atoms with Crippen molar-refractivity contribution in [2.45, 2.75) is 83.4 Å². The molecule has 0 amide bonds. The van der Waals surface area contributed by atoms with Gasteiger partial charge in [0.2, 0.25) is 0 Å². The zero-order valence-corrected chi connectivity index (χ0v) is 21.1. The summed E-state index contributed by atoms with van der Waals surface area (Å²) in [5.74, 6) is -0.988. The largest absolute Gasteiger partial charge is 0.481 e. The van der Waals surface area contributed by atoms with E-state index in [0.29, 0.717) is 18.6 Å². The number of carboxylic acid groups (broad SMARTS) is 1. The number of benzene rings is 1. The number of esters is 1. The molecule has 0 radical (unpaired) electrons. The molecule has 2 aliphatic carbocycles. The van der Waals surface area contributed by atoms with E-state index in [1.807, 2.05) is 31.2 Å². The molecule has 198 valence electrons. The quantitative estimate of drug-likeness (QED) is 0.339. The van der Waals surface area contributed by atoms with Crippen LogP contribution in [0.15, 0.2) is 48.1 Å². The number of hydrogen-bond donors (Lipinski definition) is 4. The van der Waals surface area contributed by atoms with Gasteiger partial charge in [-0.05, 0) is 62.1 Å². The van der Waals surface area contributed by atoms with E-state index in [1.165, 1.54) is 0 Å². The third-order valence-electron chi connectivity index (χ3n) is 7.16. The average Bonchev–Trinajstić information content (AvgIpc) is 2.79. The predicted octanol–water partition coefficient (Wildman–Crippen LogP) is 3.17. The fraction of sp³-hybridized carbons (Fsp3) is 0.571. The molecule has 8 nitrogen and oxygen atoms in total. The molecule has 1 unspecified atom stereocenters. The number of fused-ring (bicyclic) bond motifs is 1. The van der Waals surface area contributed by atoms with Gasteiger partial charge in [-0.1, -0.05) is 43.4 Å². The molecule has 8 atom stereocenters. The standard InChI is InChI=1S/C28H38O8/c1-16-8-9-19-12-21(30)14-25(36-28(34)18(3)35-24-7-5-4-6-17(24)2)27(19)23(16)11-10-20(29)13-22(31)15-26(32)33/h4-9,12,16,18,20-23,25,27,29-31H,10-11,13-15H2,1-3H3,(H,32,33)/t16-,18?,20+,21+,22+,23-,25-,27-/m0/s1. The van der Waals surface area contributed by atoms with Crippen LogP contribution >= 0.6 is 0 Å². The minimum atomic E-state index is -1.11. The van der Waals surface area contributed by atoms with Gasteiger partial charge >= 0.3 is 11.9 Å². The number of allylic oxidation sites excluding steroid dienone is 2. The molecular weight excluding hydrogens is 464 g/mol. The number of hydrogen-bond acceptors (Lipinski definition) is 7. The first-order valence-corrected chi connectivity index (χ1v) is 12.6. The Bertz CT molecular complexity index is 970. The van der Waals surface area contributed by atoms with Gasteiger partial charge in [0.25, 0.3) is 0 Å². The van der Waals surface area contributed by atoms with Crippen LogP contribution in [-0.4, -0.2) is 62.9 Å². The third-order valence-corrected chi connectivity index (χ3v) is 7.16. The molecule has 0 aliphatic heterocycles. The van der Waals surface area contributed by atoms with Gasteiger partial charge in [-0.25, -0.2) is 4.79 Å². The number of aryl methyl sites for hydroxylation is 1. The van der Waals surface area contributed by atoms with Crippen LogP contribution in [0.4, 0.5) is 0 Å². The second-order valence-electron chi connectivity index (χ2n) is 10.1. The summed E-state index contributed by atoms with van der Waals surface area (Å²) in [5.41, 5.74) is 1.82. The number of carbonyl (C=O) groups is 2. The Morgan fingerprint density at radius 3 is 2.58 bits per heavy atom. The maximum Gasteiger partial charge on any atom is 0.347 e. The first-order valence-electron chi connectivity index (χ1n) is 12.6. The van der Waals surface area contributed by atoms with Crippen molar-refractivity contribution in [1.29, 1.82) is 0 Å². The van der Waals surface area contributed by atoms with Crippen LogP contribution in [0.3, 0.4) is 0 Å². The van der Waals surface area contributed by atoms with Gasteiger partial charge in [-0.3, -0.25) is 4.79 Å². The fourth-order valence-electron chi connectivity index (χ4n) is 5.26. The predicted molar refractivity (Wildman–Crippen MR) is 133 cm³/mol. The van der Waals surface area contributed by atoms with E-state index in [2.05, 4.69) is 13.0 Å². The number of aliphatic carboxylic acids is 1. The van der Waals surface area contributed by atoms with Crippen LogP contribution in [-0.2, 0) is 14.3 Å². The highest BCUT2D eigenvalue weighted by molar-refractivity contribution is 5.75. The number of aliphatic hydroxyl groups excluding tert-OH is 3. The SMILES string of the molecule is Cc1ccccc1OC(C)C(=O)O[C@H]1C[C@H](O)C=C2C=C[C@H](C)[C@H](CC[C@@H](O)C[C@@H](O)CC(=O)O)[C@H]21. The van der Waals surface area contributed by atoms with Crippen molar-refractivity contribution in [1.82, 2.24) is 0 Å². The van der Waals surface area contributed by atoms with Crippen molar-refractivity contribution in [3.63, 3.8) is 0 Å². The zero-order valence-electron chi connectivity index (χ0n) is 21.1. The Hall–Kier alpha value is -2.68. The minimum Gasteiger partial charge on any atom is -0.481 e. The highest BCUT2D eigenvalue weighted by Crippen LogP contribution is 2.44. The maximum absolute atomic E-state index is 13.0. The summed E-state index contributed by atoms with van der Waals surface area (Å²) in [5, 5.41) is 39.5. The van der Waals surface area contributed by atoms with E-state index in [0.717, 1.165) is 11.1 Å². The first kappa shape index (κ1) is 27.9. The van der Waals surface area contributed by atoms with Crippen molar-refractivity contribution in [2.24, 2.45) is 17.8 Å². The first-order chi connectivity index (χ1) is 17.0. The minimum absolute atomic E-state index is 0.0124. The molecule has 36 heavy (non-hydrogen) atoms. The monoisotopic (exact) mass is 502 g/mol. The lowest BCUT2D eigenvalue weighted by atomic mass is 9.66. The number of carbonyl (C=O) groups excluding carboxylic acids is 1. The smallest absolute Gasteiger partial charge is 0.347 e. The number of ether oxygens (including phenoxy) is 2. The summed E-state index contributed by atoms with van der Waals surface area (Å²) in [6, 6.07) is 7.43. The molecular formula is C28H38O8. The lowest BCUT2D eigenvalue weighted by Crippen LogP contribution is -2.44. The zero-order chi connectivity index (χ0) is 26.4. The Labute approximate surface area is 212 Å². The van der Waals surface area contributed by atoms with E-state index < -0.39 is 48.9 Å². The number of rotatable bonds is 11. The van der Waals surface area contributed by atoms with Gasteiger partial charge in [0.05, 0.1) is 24.7 Å². The van der Waals surface area contributed by atoms with Crippen molar-refractivity contribution in [3.8, 4) is 5.75 Å². The molecule has 1 aromatic carbocycles. The van der Waals surface area contributed by atoms with Crippen LogP contribution in [0.2, 0.25) is 0 Å². The molecule has 8 heteroatoms. The van der Waals surface area contributed by atoms with Crippen LogP contribution in [0.25, 0.3) is 0 Å². The highest BCUT2D eigenvalue weighted by atomic mass is 16.6. The average molecular weight is 503 g/mol. The van der Waals surface area contributed by atoms with Crippen LogP contribution in [0, 0.1) is 24.7 Å². The van der Waals surface area contributed by atoms with E-state index in [1.54, 1.807) is 19.1 Å². The molecule has 0 fully saturated rings. The van der Waals surface area contributed by atoms with E-state index in [-0.39, 0.29) is 30.6 Å². The molecule has 0 aromatic heterocycles. The van der Waals surface area contributed by atoms with Crippen molar-refractivity contribution in [3.05, 3.63) is 53.6 Å². The molecule has 0 heterocycles. The van der Waals surface area contributed by atoms with Crippen molar-refractivity contribution >= 4 is 11.9 Å². The summed E-state index contributed by atoms with van der Waals surface area (Å²) in [7, 11) is 0. The van der Waals surface area contributed by atoms with Gasteiger partial charge in [0.15, 0.2) is 6.10 Å². The third kappa shape index (κ3) is 7.41. The molecule has 0 spiro atoms. The second kappa shape index (κ2) is 12.5. The summed E-state index contributed by atoms with van der Waals surface area (Å²) in [6.45, 7) is 5.61. The van der Waals surface area contributed by atoms with Gasteiger partial charge in [0, 0.05) is 12.3 Å². The van der Waals surface area contributed by atoms with Gasteiger partial charge in [-0.2, -0.15) is 0 Å². The summed E-state index contributed by atoms with van der Waals surface area (Å²) in [6.07, 6.45) is 2.56. The van der Waals surface area contributed by atoms with Crippen LogP contribution in [0.1, 0.15) is 51.5 Å². The van der Waals surface area contributed by atoms with Crippen molar-refractivity contribution in [2.75, 3.05) is 0 Å². The van der Waals surface area contributed by atoms with Crippen LogP contribution < -0.4 is 4.74 Å². The van der Waals surface area contributed by atoms with Gasteiger partial charge < -0.3 is 29.9 Å². The van der Waals surface area contributed by atoms with Gasteiger partial charge in [-0.15, -0.1) is 0 Å². The lowest BCUT2D eigenvalue weighted by molar-refractivity contribution is -0.162. The second-order valence-corrected chi connectivity index (χ2v) is 10.1. The number of para-hydroxylation sites is 1. The van der Waals surface area contributed by atoms with E-state index in [4.69, 9.17) is 14.6 Å². The molecule has 4 N–H and O–H groups in total. The maximum atomic E-state index is 13.0. The van der Waals surface area contributed by atoms with E-state index in [9.17, 15) is 24.9 Å². The summed E-state index contributed by atoms with van der Waals surface area (Å²) in [4.78, 5) is 23.8. The molecule has 2 aliphatic rings. The Kier molecular flexibility index (Phi) is 9.70. The Morgan fingerprint density at radius 2 is 1.89 bits per heavy atom. The highest BCUT2D eigenvalue weighted by Gasteiger charge is 2.42. The lowest BCUT2D eigenvalue weighted by Gasteiger charge is -2.43. The fourth-order valence-corrected chi connectivity index (χ4v) is 5.26. The Morgan fingerprint density at radius 1 is 1.17 bits per heavy atom. The van der Waals surface area contributed by atoms with Gasteiger partial charge in [0.1, 0.15) is 11.9 Å².